The first-order chi connectivity index (χ1) is 16.9. The first-order valence-electron chi connectivity index (χ1n) is 13.1. The predicted molar refractivity (Wildman–Crippen MR) is 134 cm³/mol. The van der Waals surface area contributed by atoms with Crippen LogP contribution in [0.4, 0.5) is 18.9 Å². The van der Waals surface area contributed by atoms with E-state index in [1.807, 2.05) is 11.8 Å². The van der Waals surface area contributed by atoms with E-state index in [-0.39, 0.29) is 29.6 Å². The fourth-order valence-electron chi connectivity index (χ4n) is 6.70. The van der Waals surface area contributed by atoms with E-state index in [4.69, 9.17) is 4.74 Å². The smallest absolute Gasteiger partial charge is 0.418 e. The van der Waals surface area contributed by atoms with Gasteiger partial charge in [0.25, 0.3) is 0 Å². The minimum Gasteiger partial charge on any atom is -0.458 e. The van der Waals surface area contributed by atoms with Gasteiger partial charge in [-0.05, 0) is 55.2 Å². The number of rotatable bonds is 5. The van der Waals surface area contributed by atoms with Crippen LogP contribution in [0.3, 0.4) is 0 Å². The minimum absolute atomic E-state index is 0.00279. The van der Waals surface area contributed by atoms with Crippen molar-refractivity contribution in [1.82, 2.24) is 4.90 Å². The summed E-state index contributed by atoms with van der Waals surface area (Å²) in [6.07, 6.45) is -0.230. The Morgan fingerprint density at radius 1 is 1.19 bits per heavy atom. The molecule has 6 atom stereocenters. The zero-order valence-electron chi connectivity index (χ0n) is 21.7. The van der Waals surface area contributed by atoms with Crippen LogP contribution in [0.25, 0.3) is 0 Å². The molecule has 2 aliphatic carbocycles. The number of benzene rings is 1. The fraction of sp³-hybridized carbons (Fsp3) is 0.679. The molecule has 0 amide bonds. The number of hydrogen-bond acceptors (Lipinski definition) is 5. The third kappa shape index (κ3) is 5.44. The zero-order chi connectivity index (χ0) is 26.3. The van der Waals surface area contributed by atoms with Gasteiger partial charge in [-0.3, -0.25) is 9.69 Å². The van der Waals surface area contributed by atoms with Crippen LogP contribution >= 0.6 is 0 Å². The molecule has 2 fully saturated rings. The number of carbonyl (C=O) groups excluding carboxylic acids is 1. The summed E-state index contributed by atoms with van der Waals surface area (Å²) in [6, 6.07) is 5.81. The van der Waals surface area contributed by atoms with Gasteiger partial charge in [0.1, 0.15) is 6.10 Å². The van der Waals surface area contributed by atoms with Gasteiger partial charge in [-0.1, -0.05) is 32.1 Å². The van der Waals surface area contributed by atoms with E-state index in [1.165, 1.54) is 13.0 Å². The second kappa shape index (κ2) is 10.4. The molecule has 1 saturated heterocycles. The molecule has 0 spiro atoms. The van der Waals surface area contributed by atoms with Crippen molar-refractivity contribution in [3.8, 4) is 0 Å². The highest BCUT2D eigenvalue weighted by molar-refractivity contribution is 5.66. The van der Waals surface area contributed by atoms with Crippen LogP contribution in [0, 0.1) is 23.7 Å². The Bertz CT molecular complexity index is 973. The standard InChI is InChI=1S/C28H39F3N2O3/c1-18-15-24-22(10-9-20(3)27(24,35)16-26(18)36-21(4)34)19(2)17-32-11-13-33(14-12-32)25-8-6-5-7-23(25)28(29,30)31/h5-8,15,19-20,22,24,26,35H,9-14,16-17H2,1-4H3/t19?,20-,22+,24-,26-,27-/m1/s1. The van der Waals surface area contributed by atoms with Gasteiger partial charge in [-0.2, -0.15) is 13.2 Å². The van der Waals surface area contributed by atoms with Gasteiger partial charge in [0, 0.05) is 57.7 Å². The first kappa shape index (κ1) is 27.0. The van der Waals surface area contributed by atoms with Crippen molar-refractivity contribution in [2.24, 2.45) is 23.7 Å². The molecule has 0 aromatic heterocycles. The highest BCUT2D eigenvalue weighted by Crippen LogP contribution is 2.51. The van der Waals surface area contributed by atoms with Crippen LogP contribution in [0.15, 0.2) is 35.9 Å². The Morgan fingerprint density at radius 2 is 1.86 bits per heavy atom. The molecule has 8 heteroatoms. The molecule has 4 rings (SSSR count). The molecule has 1 saturated carbocycles. The van der Waals surface area contributed by atoms with Crippen molar-refractivity contribution in [3.05, 3.63) is 41.5 Å². The summed E-state index contributed by atoms with van der Waals surface area (Å²) in [5.41, 5.74) is -0.220. The van der Waals surface area contributed by atoms with Crippen LogP contribution in [0.2, 0.25) is 0 Å². The Hall–Kier alpha value is -2.06. The fourth-order valence-corrected chi connectivity index (χ4v) is 6.70. The Balaban J connectivity index is 1.42. The topological polar surface area (TPSA) is 53.0 Å². The average Bonchev–Trinajstić information content (AvgIpc) is 2.81. The molecule has 0 bridgehead atoms. The first-order valence-corrected chi connectivity index (χ1v) is 13.1. The van der Waals surface area contributed by atoms with Crippen LogP contribution in [0.1, 0.15) is 52.5 Å². The van der Waals surface area contributed by atoms with E-state index in [9.17, 15) is 23.1 Å². The largest absolute Gasteiger partial charge is 0.458 e. The number of aliphatic hydroxyl groups is 1. The number of fused-ring (bicyclic) bond motifs is 1. The van der Waals surface area contributed by atoms with Crippen LogP contribution in [-0.4, -0.2) is 60.4 Å². The third-order valence-electron chi connectivity index (χ3n) is 8.80. The molecule has 36 heavy (non-hydrogen) atoms. The number of ether oxygens (including phenoxy) is 1. The van der Waals surface area contributed by atoms with Crippen molar-refractivity contribution in [3.63, 3.8) is 0 Å². The SMILES string of the molecule is CC(=O)O[C@@H]1C[C@@]2(O)[C@H](C)CC[C@@H](C(C)CN3CCN(c4ccccc4C(F)(F)F)CC3)[C@H]2C=C1C. The number of hydrogen-bond donors (Lipinski definition) is 1. The van der Waals surface area contributed by atoms with E-state index in [0.29, 0.717) is 44.4 Å². The highest BCUT2D eigenvalue weighted by atomic mass is 19.4. The Morgan fingerprint density at radius 3 is 2.50 bits per heavy atom. The van der Waals surface area contributed by atoms with Crippen molar-refractivity contribution in [1.29, 1.82) is 0 Å². The van der Waals surface area contributed by atoms with Crippen LogP contribution < -0.4 is 4.90 Å². The molecule has 1 N–H and O–H groups in total. The van der Waals surface area contributed by atoms with Gasteiger partial charge < -0.3 is 14.7 Å². The molecule has 1 aromatic carbocycles. The number of piperazine rings is 1. The number of carbonyl (C=O) groups is 1. The molecule has 1 aromatic rings. The number of para-hydroxylation sites is 1. The van der Waals surface area contributed by atoms with Crippen LogP contribution in [-0.2, 0) is 15.7 Å². The van der Waals surface area contributed by atoms with E-state index in [0.717, 1.165) is 31.0 Å². The monoisotopic (exact) mass is 508 g/mol. The van der Waals surface area contributed by atoms with Gasteiger partial charge in [0.15, 0.2) is 0 Å². The lowest BCUT2D eigenvalue weighted by Crippen LogP contribution is -2.56. The van der Waals surface area contributed by atoms with Gasteiger partial charge in [-0.15, -0.1) is 0 Å². The predicted octanol–water partition coefficient (Wildman–Crippen LogP) is 5.14. The maximum absolute atomic E-state index is 13.5. The number of esters is 1. The Labute approximate surface area is 212 Å². The number of halogens is 3. The van der Waals surface area contributed by atoms with Gasteiger partial charge in [-0.25, -0.2) is 0 Å². The highest BCUT2D eigenvalue weighted by Gasteiger charge is 2.52. The minimum atomic E-state index is -4.36. The summed E-state index contributed by atoms with van der Waals surface area (Å²) in [5, 5.41) is 11.8. The van der Waals surface area contributed by atoms with Gasteiger partial charge >= 0.3 is 12.1 Å². The third-order valence-corrected chi connectivity index (χ3v) is 8.80. The van der Waals surface area contributed by atoms with E-state index < -0.39 is 17.3 Å². The lowest BCUT2D eigenvalue weighted by Gasteiger charge is -2.53. The molecule has 0 radical (unpaired) electrons. The second-order valence-corrected chi connectivity index (χ2v) is 11.2. The van der Waals surface area contributed by atoms with Gasteiger partial charge in [0.05, 0.1) is 11.2 Å². The van der Waals surface area contributed by atoms with Crippen LogP contribution in [0.5, 0.6) is 0 Å². The van der Waals surface area contributed by atoms with Gasteiger partial charge in [0.2, 0.25) is 0 Å². The molecule has 5 nitrogen and oxygen atoms in total. The van der Waals surface area contributed by atoms with Crippen molar-refractivity contribution in [2.75, 3.05) is 37.6 Å². The molecule has 3 aliphatic rings. The summed E-state index contributed by atoms with van der Waals surface area (Å²) in [4.78, 5) is 15.8. The zero-order valence-corrected chi connectivity index (χ0v) is 21.7. The van der Waals surface area contributed by atoms with Crippen molar-refractivity contribution < 1.29 is 27.8 Å². The van der Waals surface area contributed by atoms with E-state index in [1.54, 1.807) is 12.1 Å². The van der Waals surface area contributed by atoms with Crippen molar-refractivity contribution in [2.45, 2.75) is 64.8 Å². The second-order valence-electron chi connectivity index (χ2n) is 11.2. The summed E-state index contributed by atoms with van der Waals surface area (Å²) in [7, 11) is 0. The maximum atomic E-state index is 13.5. The van der Waals surface area contributed by atoms with E-state index in [2.05, 4.69) is 24.8 Å². The maximum Gasteiger partial charge on any atom is 0.418 e. The summed E-state index contributed by atoms with van der Waals surface area (Å²) >= 11 is 0. The molecule has 1 aliphatic heterocycles. The lowest BCUT2D eigenvalue weighted by molar-refractivity contribution is -0.159. The number of alkyl halides is 3. The van der Waals surface area contributed by atoms with Crippen molar-refractivity contribution >= 4 is 11.7 Å². The summed E-state index contributed by atoms with van der Waals surface area (Å²) in [5.74, 6) is 0.398. The molecular weight excluding hydrogens is 469 g/mol. The lowest BCUT2D eigenvalue weighted by atomic mass is 9.57. The molecular formula is C28H39F3N2O3. The normalized spacial score (nSPS) is 32.4. The number of anilines is 1. The summed E-state index contributed by atoms with van der Waals surface area (Å²) < 4.78 is 45.9. The molecule has 1 heterocycles. The Kier molecular flexibility index (Phi) is 7.77. The molecule has 1 unspecified atom stereocenters. The quantitative estimate of drug-likeness (QED) is 0.441. The molecule has 200 valence electrons. The average molecular weight is 509 g/mol. The van der Waals surface area contributed by atoms with E-state index >= 15 is 0 Å². The number of nitrogens with zero attached hydrogens (tertiary/aromatic N) is 2. The summed E-state index contributed by atoms with van der Waals surface area (Å²) in [6.45, 7) is 11.1.